The molecule has 5 aromatic rings. The van der Waals surface area contributed by atoms with Crippen LogP contribution in [0, 0.1) is 19.7 Å². The molecule has 1 aliphatic heterocycles. The average Bonchev–Trinajstić information content (AvgIpc) is 3.49. The van der Waals surface area contributed by atoms with Crippen molar-refractivity contribution < 1.29 is 28.1 Å². The lowest BCUT2D eigenvalue weighted by atomic mass is 9.97. The van der Waals surface area contributed by atoms with Crippen LogP contribution in [0.2, 0.25) is 0 Å². The molecule has 0 aliphatic carbocycles. The van der Waals surface area contributed by atoms with Gasteiger partial charge in [-0.1, -0.05) is 30.3 Å². The van der Waals surface area contributed by atoms with Gasteiger partial charge in [0.15, 0.2) is 11.8 Å². The van der Waals surface area contributed by atoms with Crippen LogP contribution in [-0.2, 0) is 14.3 Å². The van der Waals surface area contributed by atoms with Crippen LogP contribution in [0.1, 0.15) is 71.4 Å². The standard InChI is InChI=1S/C42H49FN4O5/c1-10-49-40(48)39(52-42(7,8)9)37-27(3)44-36-25-33-29-13-11-12-28(22-29)32-17-16-31(43)24-35(32)51-21-19-46(41(4,5)6)18-20-50-34-23-30(15-14-26(34)2)38(37)47(36)45-33/h11-17,22-25,39H,10,18-21H2,1-9H3. The maximum Gasteiger partial charge on any atom is 0.340 e. The van der Waals surface area contributed by atoms with Crippen molar-refractivity contribution in [3.63, 3.8) is 0 Å². The molecule has 3 heterocycles. The Labute approximate surface area is 305 Å². The molecule has 52 heavy (non-hydrogen) atoms. The zero-order valence-corrected chi connectivity index (χ0v) is 31.7. The minimum Gasteiger partial charge on any atom is -0.492 e. The summed E-state index contributed by atoms with van der Waals surface area (Å²) in [5.41, 5.74) is 6.46. The van der Waals surface area contributed by atoms with Gasteiger partial charge >= 0.3 is 5.97 Å². The molecule has 274 valence electrons. The van der Waals surface area contributed by atoms with Gasteiger partial charge in [0.25, 0.3) is 0 Å². The van der Waals surface area contributed by atoms with E-state index < -0.39 is 17.7 Å². The fourth-order valence-corrected chi connectivity index (χ4v) is 6.58. The minimum absolute atomic E-state index is 0.177. The number of rotatable bonds is 4. The fourth-order valence-electron chi connectivity index (χ4n) is 6.58. The van der Waals surface area contributed by atoms with Gasteiger partial charge in [-0.2, -0.15) is 5.10 Å². The highest BCUT2D eigenvalue weighted by atomic mass is 19.1. The summed E-state index contributed by atoms with van der Waals surface area (Å²) in [7, 11) is 0. The number of esters is 1. The van der Waals surface area contributed by atoms with E-state index in [1.165, 1.54) is 12.1 Å². The molecular formula is C42H49FN4O5. The third-order valence-corrected chi connectivity index (χ3v) is 9.12. The number of carbonyl (C=O) groups excluding carboxylic acids is 1. The summed E-state index contributed by atoms with van der Waals surface area (Å²) in [6.07, 6.45) is -1.08. The first-order valence-corrected chi connectivity index (χ1v) is 17.9. The molecule has 1 aliphatic rings. The van der Waals surface area contributed by atoms with E-state index in [-0.39, 0.29) is 18.0 Å². The largest absolute Gasteiger partial charge is 0.492 e. The maximum absolute atomic E-state index is 14.6. The highest BCUT2D eigenvalue weighted by Crippen LogP contribution is 2.39. The first-order chi connectivity index (χ1) is 24.6. The Morgan fingerprint density at radius 3 is 2.29 bits per heavy atom. The normalized spacial score (nSPS) is 14.8. The van der Waals surface area contributed by atoms with Crippen LogP contribution in [0.3, 0.4) is 0 Å². The van der Waals surface area contributed by atoms with Crippen LogP contribution in [0.5, 0.6) is 11.5 Å². The molecule has 3 aromatic carbocycles. The Morgan fingerprint density at radius 2 is 1.60 bits per heavy atom. The first-order valence-electron chi connectivity index (χ1n) is 17.9. The van der Waals surface area contributed by atoms with Crippen LogP contribution in [0.25, 0.3) is 39.3 Å². The van der Waals surface area contributed by atoms with E-state index in [9.17, 15) is 9.18 Å². The van der Waals surface area contributed by atoms with Crippen LogP contribution >= 0.6 is 0 Å². The quantitative estimate of drug-likeness (QED) is 0.171. The maximum atomic E-state index is 14.6. The van der Waals surface area contributed by atoms with Gasteiger partial charge in [-0.25, -0.2) is 18.7 Å². The molecule has 0 fully saturated rings. The summed E-state index contributed by atoms with van der Waals surface area (Å²) in [5, 5.41) is 5.12. The van der Waals surface area contributed by atoms with Crippen molar-refractivity contribution in [3.05, 3.63) is 89.4 Å². The van der Waals surface area contributed by atoms with Crippen molar-refractivity contribution in [3.8, 4) is 45.1 Å². The molecule has 6 rings (SSSR count). The number of carbonyl (C=O) groups is 1. The summed E-state index contributed by atoms with van der Waals surface area (Å²) in [6.45, 7) is 20.1. The number of nitrogens with zero attached hydrogens (tertiary/aromatic N) is 4. The summed E-state index contributed by atoms with van der Waals surface area (Å²) < 4.78 is 41.2. The van der Waals surface area contributed by atoms with Crippen molar-refractivity contribution in [2.24, 2.45) is 0 Å². The van der Waals surface area contributed by atoms with E-state index in [0.29, 0.717) is 66.1 Å². The molecule has 1 atom stereocenters. The highest BCUT2D eigenvalue weighted by Gasteiger charge is 2.34. The van der Waals surface area contributed by atoms with Gasteiger partial charge < -0.3 is 18.9 Å². The van der Waals surface area contributed by atoms with E-state index in [0.717, 1.165) is 27.8 Å². The van der Waals surface area contributed by atoms with E-state index >= 15 is 0 Å². The molecule has 0 N–H and O–H groups in total. The van der Waals surface area contributed by atoms with Gasteiger partial charge in [0.05, 0.1) is 23.6 Å². The molecule has 6 bridgehead atoms. The molecule has 10 heteroatoms. The van der Waals surface area contributed by atoms with E-state index in [4.69, 9.17) is 29.0 Å². The first kappa shape index (κ1) is 37.0. The number of ether oxygens (including phenoxy) is 4. The molecule has 2 aromatic heterocycles. The second kappa shape index (κ2) is 14.7. The van der Waals surface area contributed by atoms with Gasteiger partial charge in [-0.3, -0.25) is 4.90 Å². The third kappa shape index (κ3) is 7.98. The molecule has 0 amide bonds. The number of aryl methyl sites for hydroxylation is 2. The average molecular weight is 709 g/mol. The Balaban J connectivity index is 1.61. The molecule has 0 spiro atoms. The topological polar surface area (TPSA) is 87.4 Å². The second-order valence-electron chi connectivity index (χ2n) is 15.2. The van der Waals surface area contributed by atoms with Gasteiger partial charge in [0, 0.05) is 58.7 Å². The van der Waals surface area contributed by atoms with Crippen LogP contribution in [0.15, 0.2) is 66.7 Å². The summed E-state index contributed by atoms with van der Waals surface area (Å²) in [5.74, 6) is 0.308. The van der Waals surface area contributed by atoms with Crippen LogP contribution < -0.4 is 9.47 Å². The lowest BCUT2D eigenvalue weighted by Crippen LogP contribution is -2.45. The third-order valence-electron chi connectivity index (χ3n) is 9.12. The number of halogens is 1. The van der Waals surface area contributed by atoms with Crippen LogP contribution in [0.4, 0.5) is 4.39 Å². The van der Waals surface area contributed by atoms with Gasteiger partial charge in [0.1, 0.15) is 30.5 Å². The van der Waals surface area contributed by atoms with Gasteiger partial charge in [0.2, 0.25) is 0 Å². The zero-order valence-electron chi connectivity index (χ0n) is 31.7. The number of aromatic nitrogens is 3. The summed E-state index contributed by atoms with van der Waals surface area (Å²) in [6, 6.07) is 20.5. The number of hydrogen-bond acceptors (Lipinski definition) is 8. The smallest absolute Gasteiger partial charge is 0.340 e. The van der Waals surface area contributed by atoms with Crippen molar-refractivity contribution in [2.75, 3.05) is 32.9 Å². The van der Waals surface area contributed by atoms with Crippen molar-refractivity contribution >= 4 is 11.6 Å². The summed E-state index contributed by atoms with van der Waals surface area (Å²) in [4.78, 5) is 21.0. The molecule has 0 saturated carbocycles. The number of fused-ring (bicyclic) bond motifs is 9. The Bertz CT molecular complexity index is 2100. The minimum atomic E-state index is -1.08. The molecular weight excluding hydrogens is 659 g/mol. The van der Waals surface area contributed by atoms with Crippen molar-refractivity contribution in [1.29, 1.82) is 0 Å². The lowest BCUT2D eigenvalue weighted by molar-refractivity contribution is -0.166. The Hall–Kier alpha value is -4.80. The fraction of sp³-hybridized carbons (Fsp3) is 0.405. The predicted octanol–water partition coefficient (Wildman–Crippen LogP) is 8.78. The molecule has 0 saturated heterocycles. The highest BCUT2D eigenvalue weighted by molar-refractivity contribution is 5.83. The monoisotopic (exact) mass is 708 g/mol. The molecule has 9 nitrogen and oxygen atoms in total. The van der Waals surface area contributed by atoms with Crippen LogP contribution in [-0.4, -0.2) is 69.5 Å². The molecule has 1 unspecified atom stereocenters. The number of benzene rings is 3. The number of hydrogen-bond donors (Lipinski definition) is 0. The Morgan fingerprint density at radius 1 is 0.885 bits per heavy atom. The Kier molecular flexibility index (Phi) is 10.4. The zero-order chi connectivity index (χ0) is 37.4. The second-order valence-corrected chi connectivity index (χ2v) is 15.2. The summed E-state index contributed by atoms with van der Waals surface area (Å²) >= 11 is 0. The lowest BCUT2D eigenvalue weighted by Gasteiger charge is -2.35. The molecule has 0 radical (unpaired) electrons. The van der Waals surface area contributed by atoms with E-state index in [1.54, 1.807) is 17.5 Å². The van der Waals surface area contributed by atoms with E-state index in [1.807, 2.05) is 83.1 Å². The van der Waals surface area contributed by atoms with Crippen molar-refractivity contribution in [1.82, 2.24) is 19.5 Å². The SMILES string of the molecule is CCOC(=O)C(OC(C)(C)C)c1c(C)nc2cc3nn2c1-c1ccc(C)c(c1)OCCN(C(C)(C)C)CCOc1cc(F)ccc1-c1cccc-3c1. The van der Waals surface area contributed by atoms with Gasteiger partial charge in [-0.05, 0) is 97.7 Å². The van der Waals surface area contributed by atoms with Gasteiger partial charge in [-0.15, -0.1) is 0 Å². The predicted molar refractivity (Wildman–Crippen MR) is 201 cm³/mol. The van der Waals surface area contributed by atoms with Crippen molar-refractivity contribution in [2.45, 2.75) is 79.6 Å². The van der Waals surface area contributed by atoms with E-state index in [2.05, 4.69) is 25.7 Å².